The average Bonchev–Trinajstić information content (AvgIpc) is 2.41. The molecule has 0 aromatic carbocycles. The molecule has 0 aromatic rings. The summed E-state index contributed by atoms with van der Waals surface area (Å²) >= 11 is 0. The number of carbonyl (C=O) groups excluding carboxylic acids is 1. The smallest absolute Gasteiger partial charge is 0.326 e. The monoisotopic (exact) mass is 290 g/mol. The zero-order chi connectivity index (χ0) is 15.0. The van der Waals surface area contributed by atoms with Gasteiger partial charge in [-0.25, -0.2) is 4.79 Å². The summed E-state index contributed by atoms with van der Waals surface area (Å²) in [5.74, 6) is 0.855. The molecule has 0 heterocycles. The van der Waals surface area contributed by atoms with Crippen LogP contribution in [0.25, 0.3) is 0 Å². The molecule has 0 saturated heterocycles. The van der Waals surface area contributed by atoms with E-state index in [2.05, 4.69) is 5.32 Å². The normalized spacial score (nSPS) is 37.8. The lowest BCUT2D eigenvalue weighted by Crippen LogP contribution is -2.56. The maximum absolute atomic E-state index is 12.7. The molecule has 4 bridgehead atoms. The highest BCUT2D eigenvalue weighted by atomic mass is 16.4. The van der Waals surface area contributed by atoms with Crippen LogP contribution in [0, 0.1) is 34.5 Å². The summed E-state index contributed by atoms with van der Waals surface area (Å²) in [5, 5.41) is 20.5. The molecule has 0 aromatic heterocycles. The molecule has 4 aliphatic carbocycles. The van der Waals surface area contributed by atoms with Gasteiger partial charge in [-0.15, -0.1) is 0 Å². The van der Waals surface area contributed by atoms with Crippen molar-refractivity contribution in [2.24, 2.45) is 23.2 Å². The quantitative estimate of drug-likeness (QED) is 0.811. The number of hydrogen-bond donors (Lipinski definition) is 2. The van der Waals surface area contributed by atoms with Crippen LogP contribution in [0.5, 0.6) is 0 Å². The third-order valence-electron chi connectivity index (χ3n) is 5.67. The summed E-state index contributed by atoms with van der Waals surface area (Å²) in [4.78, 5) is 24.0. The summed E-state index contributed by atoms with van der Waals surface area (Å²) in [5.41, 5.74) is -0.324. The van der Waals surface area contributed by atoms with E-state index in [9.17, 15) is 14.7 Å². The van der Waals surface area contributed by atoms with Crippen molar-refractivity contribution >= 4 is 11.9 Å². The SMILES string of the molecule is N#CCC[C@H](NC(=O)C12CC3CC(CC(C3)C1)C2)C(=O)O. The molecule has 1 atom stereocenters. The number of amides is 1. The predicted octanol–water partition coefficient (Wildman–Crippen LogP) is 2.08. The van der Waals surface area contributed by atoms with Crippen molar-refractivity contribution in [1.29, 1.82) is 5.26 Å². The Morgan fingerprint density at radius 3 is 2.14 bits per heavy atom. The van der Waals surface area contributed by atoms with Crippen LogP contribution in [0.1, 0.15) is 51.4 Å². The second kappa shape index (κ2) is 5.32. The lowest BCUT2D eigenvalue weighted by molar-refractivity contribution is -0.151. The molecule has 0 aliphatic heterocycles. The van der Waals surface area contributed by atoms with E-state index in [-0.39, 0.29) is 24.2 Å². The fourth-order valence-electron chi connectivity index (χ4n) is 5.17. The summed E-state index contributed by atoms with van der Waals surface area (Å²) in [6.45, 7) is 0. The minimum atomic E-state index is -1.04. The maximum Gasteiger partial charge on any atom is 0.326 e. The van der Waals surface area contributed by atoms with Gasteiger partial charge in [0.25, 0.3) is 0 Å². The summed E-state index contributed by atoms with van der Waals surface area (Å²) in [7, 11) is 0. The molecule has 114 valence electrons. The van der Waals surface area contributed by atoms with Gasteiger partial charge in [0.2, 0.25) is 5.91 Å². The lowest BCUT2D eigenvalue weighted by Gasteiger charge is -2.55. The molecular weight excluding hydrogens is 268 g/mol. The third-order valence-corrected chi connectivity index (χ3v) is 5.67. The number of nitrogens with zero attached hydrogens (tertiary/aromatic N) is 1. The molecule has 0 spiro atoms. The lowest BCUT2D eigenvalue weighted by atomic mass is 9.49. The Labute approximate surface area is 124 Å². The van der Waals surface area contributed by atoms with E-state index in [4.69, 9.17) is 5.26 Å². The Hall–Kier alpha value is -1.57. The van der Waals surface area contributed by atoms with Crippen LogP contribution in [0.4, 0.5) is 0 Å². The van der Waals surface area contributed by atoms with Gasteiger partial charge in [-0.2, -0.15) is 5.26 Å². The summed E-state index contributed by atoms with van der Waals surface area (Å²) in [6, 6.07) is 1.02. The Balaban J connectivity index is 1.70. The first kappa shape index (κ1) is 14.4. The average molecular weight is 290 g/mol. The van der Waals surface area contributed by atoms with Gasteiger partial charge in [-0.3, -0.25) is 4.79 Å². The first-order chi connectivity index (χ1) is 10.0. The van der Waals surface area contributed by atoms with Crippen LogP contribution in [0.2, 0.25) is 0 Å². The molecule has 5 nitrogen and oxygen atoms in total. The number of hydrogen-bond acceptors (Lipinski definition) is 3. The highest BCUT2D eigenvalue weighted by molar-refractivity contribution is 5.87. The first-order valence-electron chi connectivity index (χ1n) is 7.93. The van der Waals surface area contributed by atoms with Crippen LogP contribution >= 0.6 is 0 Å². The van der Waals surface area contributed by atoms with Crippen molar-refractivity contribution in [1.82, 2.24) is 5.32 Å². The van der Waals surface area contributed by atoms with Gasteiger partial charge in [0.05, 0.1) is 6.07 Å². The molecule has 1 amide bonds. The number of carbonyl (C=O) groups is 2. The van der Waals surface area contributed by atoms with Gasteiger partial charge in [0.1, 0.15) is 6.04 Å². The van der Waals surface area contributed by atoms with Crippen molar-refractivity contribution in [2.75, 3.05) is 0 Å². The van der Waals surface area contributed by atoms with Crippen molar-refractivity contribution in [3.05, 3.63) is 0 Å². The fraction of sp³-hybridized carbons (Fsp3) is 0.812. The number of rotatable bonds is 5. The molecule has 4 fully saturated rings. The van der Waals surface area contributed by atoms with Crippen LogP contribution in [-0.4, -0.2) is 23.0 Å². The minimum Gasteiger partial charge on any atom is -0.480 e. The van der Waals surface area contributed by atoms with E-state index in [1.165, 1.54) is 19.3 Å². The molecule has 2 N–H and O–H groups in total. The number of nitriles is 1. The summed E-state index contributed by atoms with van der Waals surface area (Å²) in [6.07, 6.45) is 6.87. The molecule has 5 heteroatoms. The highest BCUT2D eigenvalue weighted by Crippen LogP contribution is 2.60. The minimum absolute atomic E-state index is 0.0769. The van der Waals surface area contributed by atoms with E-state index < -0.39 is 12.0 Å². The van der Waals surface area contributed by atoms with Crippen LogP contribution in [0.3, 0.4) is 0 Å². The topological polar surface area (TPSA) is 90.2 Å². The number of aliphatic carboxylic acids is 1. The fourth-order valence-corrected chi connectivity index (χ4v) is 5.17. The van der Waals surface area contributed by atoms with E-state index >= 15 is 0 Å². The predicted molar refractivity (Wildman–Crippen MR) is 75.0 cm³/mol. The Morgan fingerprint density at radius 1 is 1.19 bits per heavy atom. The molecular formula is C16H22N2O3. The number of carboxylic acid groups (broad SMARTS) is 1. The van der Waals surface area contributed by atoms with Gasteiger partial charge in [0.15, 0.2) is 0 Å². The van der Waals surface area contributed by atoms with E-state index in [0.29, 0.717) is 17.8 Å². The number of nitrogens with one attached hydrogen (secondary N) is 1. The van der Waals surface area contributed by atoms with Crippen LogP contribution < -0.4 is 5.32 Å². The van der Waals surface area contributed by atoms with Gasteiger partial charge >= 0.3 is 5.97 Å². The Morgan fingerprint density at radius 2 is 1.71 bits per heavy atom. The zero-order valence-electron chi connectivity index (χ0n) is 12.2. The van der Waals surface area contributed by atoms with Crippen molar-refractivity contribution in [2.45, 2.75) is 57.4 Å². The second-order valence-electron chi connectivity index (χ2n) is 7.26. The summed E-state index contributed by atoms with van der Waals surface area (Å²) < 4.78 is 0. The Bertz CT molecular complexity index is 459. The van der Waals surface area contributed by atoms with E-state index in [1.807, 2.05) is 6.07 Å². The zero-order valence-corrected chi connectivity index (χ0v) is 12.2. The van der Waals surface area contributed by atoms with Gasteiger partial charge in [-0.1, -0.05) is 0 Å². The highest BCUT2D eigenvalue weighted by Gasteiger charge is 2.54. The van der Waals surface area contributed by atoms with Gasteiger partial charge < -0.3 is 10.4 Å². The molecule has 4 rings (SSSR count). The first-order valence-corrected chi connectivity index (χ1v) is 7.93. The molecule has 0 unspecified atom stereocenters. The van der Waals surface area contributed by atoms with E-state index in [1.54, 1.807) is 0 Å². The molecule has 21 heavy (non-hydrogen) atoms. The third kappa shape index (κ3) is 2.64. The second-order valence-corrected chi connectivity index (χ2v) is 7.26. The Kier molecular flexibility index (Phi) is 3.64. The van der Waals surface area contributed by atoms with Crippen LogP contribution in [0.15, 0.2) is 0 Å². The van der Waals surface area contributed by atoms with Crippen LogP contribution in [-0.2, 0) is 9.59 Å². The van der Waals surface area contributed by atoms with Gasteiger partial charge in [0, 0.05) is 11.8 Å². The standard InChI is InChI=1S/C16H22N2O3/c17-3-1-2-13(14(19)20)18-15(21)16-7-10-4-11(8-16)6-12(5-10)9-16/h10-13H,1-2,4-9H2,(H,18,21)(H,19,20)/t10?,11?,12?,13-,16?/m0/s1. The van der Waals surface area contributed by atoms with Gasteiger partial charge in [-0.05, 0) is 62.7 Å². The largest absolute Gasteiger partial charge is 0.480 e. The maximum atomic E-state index is 12.7. The number of carboxylic acids is 1. The molecule has 0 radical (unpaired) electrons. The van der Waals surface area contributed by atoms with Crippen molar-refractivity contribution in [3.63, 3.8) is 0 Å². The van der Waals surface area contributed by atoms with E-state index in [0.717, 1.165) is 19.3 Å². The van der Waals surface area contributed by atoms with Crippen molar-refractivity contribution < 1.29 is 14.7 Å². The molecule has 4 saturated carbocycles. The van der Waals surface area contributed by atoms with Crippen molar-refractivity contribution in [3.8, 4) is 6.07 Å². The molecule has 4 aliphatic rings.